The van der Waals surface area contributed by atoms with E-state index in [-0.39, 0.29) is 24.1 Å². The van der Waals surface area contributed by atoms with Crippen LogP contribution >= 0.6 is 0 Å². The molecule has 0 atom stereocenters. The van der Waals surface area contributed by atoms with Gasteiger partial charge in [-0.25, -0.2) is 0 Å². The summed E-state index contributed by atoms with van der Waals surface area (Å²) in [5.41, 5.74) is 2.72. The highest BCUT2D eigenvalue weighted by Gasteiger charge is 2.39. The molecule has 3 aromatic rings. The van der Waals surface area contributed by atoms with Gasteiger partial charge in [0.25, 0.3) is 11.8 Å². The maximum Gasteiger partial charge on any atom is 0.278 e. The number of ether oxygens (including phenoxy) is 2. The van der Waals surface area contributed by atoms with Gasteiger partial charge in [0.15, 0.2) is 0 Å². The van der Waals surface area contributed by atoms with Crippen LogP contribution in [0.1, 0.15) is 31.4 Å². The van der Waals surface area contributed by atoms with Crippen LogP contribution in [0.15, 0.2) is 78.8 Å². The molecule has 4 rings (SSSR count). The topological polar surface area (TPSA) is 80.8 Å². The number of hydrogen-bond donors (Lipinski definition) is 1. The van der Waals surface area contributed by atoms with Crippen molar-refractivity contribution in [1.29, 1.82) is 0 Å². The first-order valence-corrected chi connectivity index (χ1v) is 11.3. The molecule has 7 nitrogen and oxygen atoms in total. The SMILES string of the molecule is CCCOc1ccc(C2=C(Nc3ccc(OCC)cc3)C(=O)N(Cc3ccncc3)C2=O)cc1. The molecule has 7 heteroatoms. The number of nitrogens with one attached hydrogen (secondary N) is 1. The fraction of sp³-hybridized carbons (Fsp3) is 0.222. The number of hydrogen-bond acceptors (Lipinski definition) is 6. The zero-order valence-electron chi connectivity index (χ0n) is 19.3. The minimum absolute atomic E-state index is 0.163. The van der Waals surface area contributed by atoms with Crippen LogP contribution in [0.2, 0.25) is 0 Å². The number of pyridine rings is 1. The Balaban J connectivity index is 1.67. The highest BCUT2D eigenvalue weighted by atomic mass is 16.5. The highest BCUT2D eigenvalue weighted by Crippen LogP contribution is 2.32. The molecule has 34 heavy (non-hydrogen) atoms. The van der Waals surface area contributed by atoms with E-state index in [1.165, 1.54) is 4.90 Å². The Morgan fingerprint density at radius 2 is 1.47 bits per heavy atom. The van der Waals surface area contributed by atoms with E-state index in [9.17, 15) is 9.59 Å². The van der Waals surface area contributed by atoms with E-state index in [1.54, 1.807) is 36.7 Å². The average Bonchev–Trinajstić information content (AvgIpc) is 3.09. The van der Waals surface area contributed by atoms with E-state index >= 15 is 0 Å². The lowest BCUT2D eigenvalue weighted by atomic mass is 10.0. The summed E-state index contributed by atoms with van der Waals surface area (Å²) >= 11 is 0. The van der Waals surface area contributed by atoms with E-state index in [0.717, 1.165) is 23.5 Å². The molecule has 0 bridgehead atoms. The Labute approximate surface area is 199 Å². The molecule has 0 spiro atoms. The third kappa shape index (κ3) is 5.09. The van der Waals surface area contributed by atoms with Crippen molar-refractivity contribution >= 4 is 23.1 Å². The second-order valence-corrected chi connectivity index (χ2v) is 7.76. The molecule has 174 valence electrons. The van der Waals surface area contributed by atoms with Crippen LogP contribution in [-0.2, 0) is 16.1 Å². The Morgan fingerprint density at radius 1 is 0.824 bits per heavy atom. The minimum Gasteiger partial charge on any atom is -0.494 e. The quantitative estimate of drug-likeness (QED) is 0.446. The number of carbonyl (C=O) groups excluding carboxylic acids is 2. The number of rotatable bonds is 10. The van der Waals surface area contributed by atoms with Gasteiger partial charge in [-0.1, -0.05) is 19.1 Å². The summed E-state index contributed by atoms with van der Waals surface area (Å²) in [6.07, 6.45) is 4.19. The van der Waals surface area contributed by atoms with Crippen LogP contribution in [0.5, 0.6) is 11.5 Å². The molecular weight excluding hydrogens is 430 g/mol. The van der Waals surface area contributed by atoms with E-state index in [0.29, 0.717) is 30.0 Å². The van der Waals surface area contributed by atoms with Gasteiger partial charge in [0, 0.05) is 18.1 Å². The third-order valence-electron chi connectivity index (χ3n) is 5.31. The van der Waals surface area contributed by atoms with Gasteiger partial charge in [-0.15, -0.1) is 0 Å². The molecular formula is C27H27N3O4. The van der Waals surface area contributed by atoms with E-state index < -0.39 is 0 Å². The summed E-state index contributed by atoms with van der Waals surface area (Å²) in [7, 11) is 0. The van der Waals surface area contributed by atoms with Crippen molar-refractivity contribution < 1.29 is 19.1 Å². The van der Waals surface area contributed by atoms with Crippen molar-refractivity contribution in [2.75, 3.05) is 18.5 Å². The number of nitrogens with zero attached hydrogens (tertiary/aromatic N) is 2. The summed E-state index contributed by atoms with van der Waals surface area (Å²) in [6, 6.07) is 18.1. The number of amides is 2. The smallest absolute Gasteiger partial charge is 0.278 e. The molecule has 0 unspecified atom stereocenters. The lowest BCUT2D eigenvalue weighted by Gasteiger charge is -2.15. The third-order valence-corrected chi connectivity index (χ3v) is 5.31. The van der Waals surface area contributed by atoms with Gasteiger partial charge < -0.3 is 14.8 Å². The Hall–Kier alpha value is -4.13. The van der Waals surface area contributed by atoms with Gasteiger partial charge in [0.05, 0.1) is 25.3 Å². The molecule has 0 saturated heterocycles. The van der Waals surface area contributed by atoms with Crippen molar-refractivity contribution in [3.63, 3.8) is 0 Å². The number of imide groups is 1. The number of anilines is 1. The van der Waals surface area contributed by atoms with Gasteiger partial charge in [0.1, 0.15) is 17.2 Å². The van der Waals surface area contributed by atoms with E-state index in [2.05, 4.69) is 10.3 Å². The molecule has 2 amide bonds. The van der Waals surface area contributed by atoms with Gasteiger partial charge in [-0.3, -0.25) is 19.5 Å². The predicted molar refractivity (Wildman–Crippen MR) is 130 cm³/mol. The van der Waals surface area contributed by atoms with E-state index in [4.69, 9.17) is 9.47 Å². The van der Waals surface area contributed by atoms with Crippen molar-refractivity contribution in [2.45, 2.75) is 26.8 Å². The molecule has 0 saturated carbocycles. The number of aromatic nitrogens is 1. The summed E-state index contributed by atoms with van der Waals surface area (Å²) < 4.78 is 11.2. The molecule has 0 radical (unpaired) electrons. The van der Waals surface area contributed by atoms with Crippen LogP contribution in [0.3, 0.4) is 0 Å². The largest absolute Gasteiger partial charge is 0.494 e. The number of benzene rings is 2. The lowest BCUT2D eigenvalue weighted by molar-refractivity contribution is -0.137. The summed E-state index contributed by atoms with van der Waals surface area (Å²) in [5, 5.41) is 3.17. The van der Waals surface area contributed by atoms with Crippen molar-refractivity contribution in [2.24, 2.45) is 0 Å². The normalized spacial score (nSPS) is 13.4. The zero-order valence-corrected chi connectivity index (χ0v) is 19.3. The fourth-order valence-electron chi connectivity index (χ4n) is 3.66. The molecule has 1 aromatic heterocycles. The van der Waals surface area contributed by atoms with Gasteiger partial charge in [-0.2, -0.15) is 0 Å². The first-order chi connectivity index (χ1) is 16.6. The standard InChI is InChI=1S/C27H27N3O4/c1-3-17-34-23-9-5-20(6-10-23)24-25(29-21-7-11-22(12-8-21)33-4-2)27(32)30(26(24)31)18-19-13-15-28-16-14-19/h5-16,29H,3-4,17-18H2,1-2H3. The summed E-state index contributed by atoms with van der Waals surface area (Å²) in [4.78, 5) is 32.1. The minimum atomic E-state index is -0.378. The molecule has 2 heterocycles. The second-order valence-electron chi connectivity index (χ2n) is 7.76. The second kappa shape index (κ2) is 10.7. The van der Waals surface area contributed by atoms with Crippen LogP contribution in [0.4, 0.5) is 5.69 Å². The van der Waals surface area contributed by atoms with Crippen molar-refractivity contribution in [1.82, 2.24) is 9.88 Å². The van der Waals surface area contributed by atoms with Gasteiger partial charge in [-0.05, 0) is 73.0 Å². The number of carbonyl (C=O) groups is 2. The van der Waals surface area contributed by atoms with Crippen LogP contribution in [0, 0.1) is 0 Å². The van der Waals surface area contributed by atoms with Gasteiger partial charge >= 0.3 is 0 Å². The van der Waals surface area contributed by atoms with E-state index in [1.807, 2.05) is 50.2 Å². The fourth-order valence-corrected chi connectivity index (χ4v) is 3.66. The molecule has 2 aromatic carbocycles. The summed E-state index contributed by atoms with van der Waals surface area (Å²) in [5.74, 6) is 0.727. The molecule has 0 fully saturated rings. The predicted octanol–water partition coefficient (Wildman–Crippen LogP) is 4.66. The van der Waals surface area contributed by atoms with Crippen molar-refractivity contribution in [3.05, 3.63) is 89.9 Å². The van der Waals surface area contributed by atoms with Gasteiger partial charge in [0.2, 0.25) is 0 Å². The van der Waals surface area contributed by atoms with Crippen LogP contribution in [0.25, 0.3) is 5.57 Å². The van der Waals surface area contributed by atoms with Crippen LogP contribution < -0.4 is 14.8 Å². The Bertz CT molecular complexity index is 1170. The zero-order chi connectivity index (χ0) is 23.9. The molecule has 1 aliphatic heterocycles. The summed E-state index contributed by atoms with van der Waals surface area (Å²) in [6.45, 7) is 5.30. The monoisotopic (exact) mass is 457 g/mol. The Kier molecular flexibility index (Phi) is 7.22. The lowest BCUT2D eigenvalue weighted by Crippen LogP contribution is -2.32. The average molecular weight is 458 g/mol. The highest BCUT2D eigenvalue weighted by molar-refractivity contribution is 6.36. The maximum atomic E-state index is 13.5. The van der Waals surface area contributed by atoms with Crippen LogP contribution in [-0.4, -0.2) is 34.9 Å². The first-order valence-electron chi connectivity index (χ1n) is 11.3. The first kappa shape index (κ1) is 23.0. The molecule has 1 N–H and O–H groups in total. The van der Waals surface area contributed by atoms with Crippen molar-refractivity contribution in [3.8, 4) is 11.5 Å². The molecule has 0 aliphatic carbocycles. The molecule has 1 aliphatic rings. The Morgan fingerprint density at radius 3 is 2.12 bits per heavy atom. The maximum absolute atomic E-state index is 13.5.